The summed E-state index contributed by atoms with van der Waals surface area (Å²) >= 11 is 0. The second-order valence-corrected chi connectivity index (χ2v) is 6.94. The van der Waals surface area contributed by atoms with Gasteiger partial charge >= 0.3 is 0 Å². The highest BCUT2D eigenvalue weighted by atomic mass is 19.1. The monoisotopic (exact) mass is 404 g/mol. The first-order chi connectivity index (χ1) is 14.6. The van der Waals surface area contributed by atoms with Gasteiger partial charge in [-0.15, -0.1) is 0 Å². The Morgan fingerprint density at radius 1 is 1.20 bits per heavy atom. The summed E-state index contributed by atoms with van der Waals surface area (Å²) in [5.74, 6) is -0.435. The van der Waals surface area contributed by atoms with E-state index in [1.54, 1.807) is 0 Å². The number of primary amides is 1. The largest absolute Gasteiger partial charge is 0.370 e. The zero-order valence-electron chi connectivity index (χ0n) is 15.8. The van der Waals surface area contributed by atoms with E-state index in [1.165, 1.54) is 16.9 Å². The average Bonchev–Trinajstić information content (AvgIpc) is 3.38. The van der Waals surface area contributed by atoms with Crippen molar-refractivity contribution in [3.05, 3.63) is 76.9 Å². The van der Waals surface area contributed by atoms with Crippen LogP contribution in [0.4, 0.5) is 10.2 Å². The molecule has 30 heavy (non-hydrogen) atoms. The van der Waals surface area contributed by atoms with E-state index in [-0.39, 0.29) is 11.5 Å². The molecule has 2 aromatic carbocycles. The van der Waals surface area contributed by atoms with Crippen LogP contribution in [0.5, 0.6) is 0 Å². The lowest BCUT2D eigenvalue weighted by Gasteiger charge is -2.12. The molecule has 8 nitrogen and oxygen atoms in total. The van der Waals surface area contributed by atoms with E-state index < -0.39 is 11.7 Å². The van der Waals surface area contributed by atoms with Gasteiger partial charge in [0.05, 0.1) is 36.2 Å². The molecule has 0 spiro atoms. The first-order valence-corrected chi connectivity index (χ1v) is 9.33. The van der Waals surface area contributed by atoms with Gasteiger partial charge in [-0.2, -0.15) is 14.8 Å². The smallest absolute Gasteiger partial charge is 0.253 e. The number of nitrogens with two attached hydrogens (primary N) is 1. The summed E-state index contributed by atoms with van der Waals surface area (Å²) in [7, 11) is 0. The lowest BCUT2D eigenvalue weighted by atomic mass is 10.1. The molecule has 0 saturated heterocycles. The zero-order valence-corrected chi connectivity index (χ0v) is 15.8. The predicted octanol–water partition coefficient (Wildman–Crippen LogP) is 2.70. The van der Waals surface area contributed by atoms with E-state index in [1.807, 2.05) is 30.3 Å². The highest BCUT2D eigenvalue weighted by Crippen LogP contribution is 2.28. The maximum atomic E-state index is 14.1. The van der Waals surface area contributed by atoms with Gasteiger partial charge in [-0.25, -0.2) is 9.37 Å². The van der Waals surface area contributed by atoms with Gasteiger partial charge in [0.15, 0.2) is 0 Å². The van der Waals surface area contributed by atoms with Gasteiger partial charge in [-0.1, -0.05) is 30.3 Å². The van der Waals surface area contributed by atoms with E-state index >= 15 is 0 Å². The first kappa shape index (κ1) is 18.2. The summed E-state index contributed by atoms with van der Waals surface area (Å²) in [6.07, 6.45) is 1.46. The number of aromatic nitrogens is 4. The van der Waals surface area contributed by atoms with Crippen LogP contribution in [0, 0.1) is 5.82 Å². The van der Waals surface area contributed by atoms with Gasteiger partial charge in [0, 0.05) is 23.6 Å². The number of halogens is 1. The van der Waals surface area contributed by atoms with Crippen molar-refractivity contribution in [2.75, 3.05) is 5.32 Å². The molecule has 1 aliphatic heterocycles. The number of carbonyl (C=O) groups is 1. The second kappa shape index (κ2) is 7.20. The number of nitrogens with zero attached hydrogens (tertiary/aromatic N) is 4. The number of rotatable bonds is 5. The third-order valence-electron chi connectivity index (χ3n) is 4.98. The molecule has 5 rings (SSSR count). The van der Waals surface area contributed by atoms with Crippen LogP contribution in [0.3, 0.4) is 0 Å². The van der Waals surface area contributed by atoms with Gasteiger partial charge < -0.3 is 15.8 Å². The fraction of sp³-hybridized carbons (Fsp3) is 0.143. The molecule has 0 atom stereocenters. The van der Waals surface area contributed by atoms with Crippen molar-refractivity contribution in [1.82, 2.24) is 19.7 Å². The van der Waals surface area contributed by atoms with E-state index in [9.17, 15) is 9.18 Å². The van der Waals surface area contributed by atoms with Crippen molar-refractivity contribution < 1.29 is 13.9 Å². The fourth-order valence-electron chi connectivity index (χ4n) is 3.52. The standard InChI is InChI=1S/C21H17FN6O2/c22-13-6-14(19(23)29)15-9-25-28(18(15)7-13)21-26-17-11-30-10-16(17)20(27-21)24-8-12-4-2-1-3-5-12/h1-7,9H,8,10-11H2,(H2,23,29)(H,24,26,27). The van der Waals surface area contributed by atoms with Crippen LogP contribution < -0.4 is 11.1 Å². The van der Waals surface area contributed by atoms with Crippen molar-refractivity contribution in [3.63, 3.8) is 0 Å². The zero-order chi connectivity index (χ0) is 20.7. The summed E-state index contributed by atoms with van der Waals surface area (Å²) in [4.78, 5) is 20.9. The Hall–Kier alpha value is -3.85. The molecule has 150 valence electrons. The highest BCUT2D eigenvalue weighted by molar-refractivity contribution is 6.05. The number of anilines is 1. The third kappa shape index (κ3) is 3.15. The number of nitrogens with one attached hydrogen (secondary N) is 1. The summed E-state index contributed by atoms with van der Waals surface area (Å²) in [5, 5.41) is 8.05. The van der Waals surface area contributed by atoms with E-state index in [4.69, 9.17) is 10.5 Å². The van der Waals surface area contributed by atoms with Gasteiger partial charge in [0.2, 0.25) is 5.91 Å². The molecule has 0 aliphatic carbocycles. The quantitative estimate of drug-likeness (QED) is 0.530. The predicted molar refractivity (Wildman–Crippen MR) is 107 cm³/mol. The topological polar surface area (TPSA) is 108 Å². The van der Waals surface area contributed by atoms with E-state index in [0.29, 0.717) is 36.5 Å². The molecule has 3 N–H and O–H groups in total. The highest BCUT2D eigenvalue weighted by Gasteiger charge is 2.22. The van der Waals surface area contributed by atoms with Crippen LogP contribution in [-0.2, 0) is 24.5 Å². The number of hydrogen-bond acceptors (Lipinski definition) is 6. The Balaban J connectivity index is 1.59. The molecular weight excluding hydrogens is 387 g/mol. The van der Waals surface area contributed by atoms with Crippen LogP contribution in [0.2, 0.25) is 0 Å². The van der Waals surface area contributed by atoms with Crippen LogP contribution in [-0.4, -0.2) is 25.7 Å². The molecular formula is C21H17FN6O2. The number of amides is 1. The lowest BCUT2D eigenvalue weighted by molar-refractivity contribution is 0.100. The Morgan fingerprint density at radius 2 is 2.03 bits per heavy atom. The molecule has 0 bridgehead atoms. The van der Waals surface area contributed by atoms with Crippen LogP contribution in [0.15, 0.2) is 48.7 Å². The summed E-state index contributed by atoms with van der Waals surface area (Å²) in [6.45, 7) is 1.34. The van der Waals surface area contributed by atoms with Crippen LogP contribution in [0.25, 0.3) is 16.9 Å². The lowest BCUT2D eigenvalue weighted by Crippen LogP contribution is -2.13. The maximum absolute atomic E-state index is 14.1. The number of ether oxygens (including phenoxy) is 1. The summed E-state index contributed by atoms with van der Waals surface area (Å²) in [6, 6.07) is 12.3. The molecule has 0 unspecified atom stereocenters. The van der Waals surface area contributed by atoms with Crippen LogP contribution >= 0.6 is 0 Å². The average molecular weight is 404 g/mol. The molecule has 1 amide bonds. The molecule has 3 heterocycles. The number of fused-ring (bicyclic) bond motifs is 2. The van der Waals surface area contributed by atoms with Crippen molar-refractivity contribution in [2.24, 2.45) is 5.73 Å². The minimum Gasteiger partial charge on any atom is -0.370 e. The molecule has 4 aromatic rings. The second-order valence-electron chi connectivity index (χ2n) is 6.94. The number of hydrogen-bond donors (Lipinski definition) is 2. The summed E-state index contributed by atoms with van der Waals surface area (Å²) < 4.78 is 21.1. The Morgan fingerprint density at radius 3 is 2.83 bits per heavy atom. The Kier molecular flexibility index (Phi) is 4.36. The minimum atomic E-state index is -0.729. The number of benzene rings is 2. The Labute approximate surface area is 170 Å². The Bertz CT molecular complexity index is 1270. The molecule has 1 aliphatic rings. The van der Waals surface area contributed by atoms with Gasteiger partial charge in [-0.05, 0) is 11.6 Å². The summed E-state index contributed by atoms with van der Waals surface area (Å²) in [5.41, 5.74) is 8.53. The molecule has 2 aromatic heterocycles. The fourth-order valence-corrected chi connectivity index (χ4v) is 3.52. The van der Waals surface area contributed by atoms with Crippen molar-refractivity contribution >= 4 is 22.6 Å². The van der Waals surface area contributed by atoms with Gasteiger partial charge in [0.1, 0.15) is 11.6 Å². The van der Waals surface area contributed by atoms with Crippen molar-refractivity contribution in [3.8, 4) is 5.95 Å². The third-order valence-corrected chi connectivity index (χ3v) is 4.98. The molecule has 9 heteroatoms. The van der Waals surface area contributed by atoms with Crippen molar-refractivity contribution in [2.45, 2.75) is 19.8 Å². The first-order valence-electron chi connectivity index (χ1n) is 9.33. The van der Waals surface area contributed by atoms with E-state index in [2.05, 4.69) is 20.4 Å². The van der Waals surface area contributed by atoms with Gasteiger partial charge in [0.25, 0.3) is 5.95 Å². The normalized spacial score (nSPS) is 12.8. The van der Waals surface area contributed by atoms with E-state index in [0.717, 1.165) is 22.9 Å². The SMILES string of the molecule is NC(=O)c1cc(F)cc2c1cnn2-c1nc2c(c(NCc3ccccc3)n1)COC2. The minimum absolute atomic E-state index is 0.0585. The van der Waals surface area contributed by atoms with Crippen LogP contribution in [0.1, 0.15) is 27.2 Å². The molecule has 0 saturated carbocycles. The number of carbonyl (C=O) groups excluding carboxylic acids is 1. The van der Waals surface area contributed by atoms with Crippen molar-refractivity contribution in [1.29, 1.82) is 0 Å². The van der Waals surface area contributed by atoms with Gasteiger partial charge in [-0.3, -0.25) is 4.79 Å². The maximum Gasteiger partial charge on any atom is 0.253 e. The molecule has 0 fully saturated rings. The molecule has 0 radical (unpaired) electrons.